The summed E-state index contributed by atoms with van der Waals surface area (Å²) in [6.07, 6.45) is 7.48. The highest BCUT2D eigenvalue weighted by atomic mass is 32.2. The van der Waals surface area contributed by atoms with Crippen LogP contribution < -0.4 is 5.32 Å². The van der Waals surface area contributed by atoms with E-state index in [1.165, 1.54) is 11.3 Å². The van der Waals surface area contributed by atoms with Gasteiger partial charge in [-0.15, -0.1) is 11.3 Å². The minimum Gasteiger partial charge on any atom is -0.378 e. The van der Waals surface area contributed by atoms with Crippen molar-refractivity contribution in [3.8, 4) is 0 Å². The fourth-order valence-electron chi connectivity index (χ4n) is 4.05. The topological polar surface area (TPSA) is 85.4 Å². The smallest absolute Gasteiger partial charge is 0.261 e. The molecular weight excluding hydrogens is 444 g/mol. The van der Waals surface area contributed by atoms with E-state index in [0.29, 0.717) is 29.2 Å². The molecule has 0 atom stereocenters. The van der Waals surface area contributed by atoms with Gasteiger partial charge in [0.2, 0.25) is 0 Å². The summed E-state index contributed by atoms with van der Waals surface area (Å²) in [4.78, 5) is 17.5. The summed E-state index contributed by atoms with van der Waals surface area (Å²) in [5, 5.41) is 3.55. The predicted octanol–water partition coefficient (Wildman–Crippen LogP) is 4.74. The van der Waals surface area contributed by atoms with Gasteiger partial charge in [-0.25, -0.2) is 8.42 Å². The molecule has 1 saturated carbocycles. The summed E-state index contributed by atoms with van der Waals surface area (Å²) in [5.41, 5.74) is 0.858. The van der Waals surface area contributed by atoms with E-state index in [1.807, 2.05) is 12.1 Å². The van der Waals surface area contributed by atoms with Crippen LogP contribution in [0.2, 0.25) is 0 Å². The monoisotopic (exact) mass is 472 g/mol. The molecule has 1 amide bonds. The normalized spacial score (nSPS) is 19.2. The average molecular weight is 473 g/mol. The van der Waals surface area contributed by atoms with E-state index in [-0.39, 0.29) is 17.3 Å². The molecule has 0 aliphatic heterocycles. The molecule has 2 heterocycles. The molecule has 0 saturated heterocycles. The molecular formula is C24H28N2O4S2. The highest BCUT2D eigenvalue weighted by molar-refractivity contribution is 7.92. The van der Waals surface area contributed by atoms with Gasteiger partial charge in [0, 0.05) is 25.5 Å². The van der Waals surface area contributed by atoms with Crippen molar-refractivity contribution >= 4 is 37.2 Å². The number of hydrogen-bond acceptors (Lipinski definition) is 6. The van der Waals surface area contributed by atoms with Gasteiger partial charge in [-0.05, 0) is 67.3 Å². The molecule has 0 unspecified atom stereocenters. The number of amides is 1. The number of pyridine rings is 1. The minimum absolute atomic E-state index is 0.148. The molecule has 4 rings (SSSR count). The predicted molar refractivity (Wildman–Crippen MR) is 127 cm³/mol. The van der Waals surface area contributed by atoms with E-state index in [4.69, 9.17) is 4.74 Å². The zero-order chi connectivity index (χ0) is 22.6. The first kappa shape index (κ1) is 22.9. The third-order valence-electron chi connectivity index (χ3n) is 5.87. The van der Waals surface area contributed by atoms with Crippen LogP contribution in [0.4, 0.5) is 0 Å². The average Bonchev–Trinajstić information content (AvgIpc) is 3.26. The molecule has 6 nitrogen and oxygen atoms in total. The van der Waals surface area contributed by atoms with Crippen LogP contribution in [0.5, 0.6) is 0 Å². The largest absolute Gasteiger partial charge is 0.378 e. The summed E-state index contributed by atoms with van der Waals surface area (Å²) in [6, 6.07) is 10.6. The molecule has 3 aromatic rings. The fourth-order valence-corrected chi connectivity index (χ4v) is 6.79. The lowest BCUT2D eigenvalue weighted by molar-refractivity contribution is 0.0295. The highest BCUT2D eigenvalue weighted by Gasteiger charge is 2.32. The second kappa shape index (κ2) is 10.1. The number of aromatic nitrogens is 1. The Labute approximate surface area is 192 Å². The van der Waals surface area contributed by atoms with Crippen molar-refractivity contribution in [2.75, 3.05) is 6.61 Å². The van der Waals surface area contributed by atoms with Crippen LogP contribution in [0.3, 0.4) is 0 Å². The van der Waals surface area contributed by atoms with Gasteiger partial charge >= 0.3 is 0 Å². The molecule has 0 spiro atoms. The second-order valence-electron chi connectivity index (χ2n) is 8.17. The summed E-state index contributed by atoms with van der Waals surface area (Å²) in [6.45, 7) is 3.15. The zero-order valence-electron chi connectivity index (χ0n) is 18.1. The molecule has 2 aromatic heterocycles. The molecule has 8 heteroatoms. The number of nitrogens with one attached hydrogen (secondary N) is 1. The first-order chi connectivity index (χ1) is 15.5. The summed E-state index contributed by atoms with van der Waals surface area (Å²) >= 11 is 1.40. The van der Waals surface area contributed by atoms with Crippen LogP contribution in [0.15, 0.2) is 53.7 Å². The molecule has 1 N–H and O–H groups in total. The quantitative estimate of drug-likeness (QED) is 0.512. The lowest BCUT2D eigenvalue weighted by Gasteiger charge is -2.28. The standard InChI is InChI=1S/C24H28N2O4S2/c1-2-13-30-19-5-9-21(10-6-19)32(28,29)20-7-3-17(4-8-20)15-26-24(27)22-14-18-11-12-25-16-23(18)31-22/h3-4,7-8,11-12,14,16,19,21H,2,5-6,9-10,13,15H2,1H3,(H,26,27). The van der Waals surface area contributed by atoms with Gasteiger partial charge in [-0.3, -0.25) is 9.78 Å². The number of thiophene rings is 1. The maximum absolute atomic E-state index is 13.0. The zero-order valence-corrected chi connectivity index (χ0v) is 19.8. The molecule has 0 bridgehead atoms. The van der Waals surface area contributed by atoms with Crippen molar-refractivity contribution in [3.05, 3.63) is 59.2 Å². The van der Waals surface area contributed by atoms with Crippen molar-refractivity contribution < 1.29 is 17.9 Å². The van der Waals surface area contributed by atoms with Gasteiger partial charge < -0.3 is 10.1 Å². The van der Waals surface area contributed by atoms with E-state index in [2.05, 4.69) is 17.2 Å². The Morgan fingerprint density at radius 1 is 1.16 bits per heavy atom. The Bertz CT molecular complexity index is 1130. The van der Waals surface area contributed by atoms with Crippen LogP contribution in [-0.2, 0) is 21.1 Å². The van der Waals surface area contributed by atoms with Gasteiger partial charge in [0.25, 0.3) is 5.91 Å². The lowest BCUT2D eigenvalue weighted by atomic mass is 9.97. The summed E-state index contributed by atoms with van der Waals surface area (Å²) < 4.78 is 32.8. The molecule has 1 aliphatic rings. The van der Waals surface area contributed by atoms with Gasteiger partial charge in [0.15, 0.2) is 9.84 Å². The first-order valence-corrected chi connectivity index (χ1v) is 13.4. The third kappa shape index (κ3) is 5.19. The Morgan fingerprint density at radius 3 is 2.59 bits per heavy atom. The molecule has 1 aliphatic carbocycles. The molecule has 1 aromatic carbocycles. The Balaban J connectivity index is 1.34. The highest BCUT2D eigenvalue weighted by Crippen LogP contribution is 2.30. The van der Waals surface area contributed by atoms with Gasteiger partial charge in [-0.1, -0.05) is 19.1 Å². The van der Waals surface area contributed by atoms with Gasteiger partial charge in [0.05, 0.1) is 25.8 Å². The van der Waals surface area contributed by atoms with Crippen molar-refractivity contribution in [2.45, 2.75) is 61.8 Å². The summed E-state index contributed by atoms with van der Waals surface area (Å²) in [5.74, 6) is -0.148. The number of carbonyl (C=O) groups excluding carboxylic acids is 1. The third-order valence-corrected chi connectivity index (χ3v) is 9.23. The van der Waals surface area contributed by atoms with E-state index < -0.39 is 9.84 Å². The first-order valence-electron chi connectivity index (χ1n) is 11.0. The number of benzene rings is 1. The SMILES string of the molecule is CCCOC1CCC(S(=O)(=O)c2ccc(CNC(=O)c3cc4ccncc4s3)cc2)CC1. The minimum atomic E-state index is -3.36. The fraction of sp³-hybridized carbons (Fsp3) is 0.417. The van der Waals surface area contributed by atoms with Crippen LogP contribution in [0.25, 0.3) is 10.1 Å². The molecule has 1 fully saturated rings. The van der Waals surface area contributed by atoms with Crippen molar-refractivity contribution in [3.63, 3.8) is 0 Å². The number of rotatable bonds is 8. The van der Waals surface area contributed by atoms with Gasteiger partial charge in [-0.2, -0.15) is 0 Å². The number of ether oxygens (including phenoxy) is 1. The number of sulfone groups is 1. The van der Waals surface area contributed by atoms with Crippen molar-refractivity contribution in [2.24, 2.45) is 0 Å². The number of carbonyl (C=O) groups is 1. The summed E-state index contributed by atoms with van der Waals surface area (Å²) in [7, 11) is -3.36. The Kier molecular flexibility index (Phi) is 7.23. The maximum atomic E-state index is 13.0. The maximum Gasteiger partial charge on any atom is 0.261 e. The van der Waals surface area contributed by atoms with Crippen LogP contribution in [0, 0.1) is 0 Å². The van der Waals surface area contributed by atoms with Crippen LogP contribution in [-0.4, -0.2) is 37.3 Å². The van der Waals surface area contributed by atoms with E-state index >= 15 is 0 Å². The lowest BCUT2D eigenvalue weighted by Crippen LogP contribution is -2.30. The van der Waals surface area contributed by atoms with E-state index in [9.17, 15) is 13.2 Å². The van der Waals surface area contributed by atoms with Crippen LogP contribution >= 0.6 is 11.3 Å². The van der Waals surface area contributed by atoms with E-state index in [0.717, 1.165) is 41.5 Å². The van der Waals surface area contributed by atoms with Gasteiger partial charge in [0.1, 0.15) is 0 Å². The van der Waals surface area contributed by atoms with Crippen LogP contribution in [0.1, 0.15) is 54.3 Å². The molecule has 170 valence electrons. The van der Waals surface area contributed by atoms with E-state index in [1.54, 1.807) is 36.7 Å². The Morgan fingerprint density at radius 2 is 1.91 bits per heavy atom. The Hall–Kier alpha value is -2.29. The number of fused-ring (bicyclic) bond motifs is 1. The van der Waals surface area contributed by atoms with Crippen molar-refractivity contribution in [1.82, 2.24) is 10.3 Å². The second-order valence-corrected chi connectivity index (χ2v) is 11.5. The molecule has 32 heavy (non-hydrogen) atoms. The molecule has 0 radical (unpaired) electrons. The van der Waals surface area contributed by atoms with Crippen molar-refractivity contribution in [1.29, 1.82) is 0 Å². The number of nitrogens with zero attached hydrogens (tertiary/aromatic N) is 1. The number of hydrogen-bond donors (Lipinski definition) is 1.